The molecule has 0 N–H and O–H groups in total. The van der Waals surface area contributed by atoms with Crippen LogP contribution in [0.3, 0.4) is 0 Å². The topological polar surface area (TPSA) is 26.3 Å². The number of rotatable bonds is 3. The third-order valence-electron chi connectivity index (χ3n) is 0.488. The fourth-order valence-corrected chi connectivity index (χ4v) is 0.360. The van der Waals surface area contributed by atoms with Gasteiger partial charge in [-0.2, -0.15) is 0 Å². The Kier molecular flexibility index (Phi) is 4.65. The van der Waals surface area contributed by atoms with Crippen LogP contribution in [0.1, 0.15) is 0 Å². The molecule has 0 amide bonds. The molecule has 0 aromatic heterocycles. The summed E-state index contributed by atoms with van der Waals surface area (Å²) in [6, 6.07) is 0. The van der Waals surface area contributed by atoms with Crippen molar-refractivity contribution in [1.82, 2.24) is 0 Å². The fourth-order valence-electron chi connectivity index (χ4n) is 0.198. The highest BCUT2D eigenvalue weighted by molar-refractivity contribution is 9.09. The van der Waals surface area contributed by atoms with Crippen molar-refractivity contribution in [3.63, 3.8) is 0 Å². The maximum absolute atomic E-state index is 10.2. The van der Waals surface area contributed by atoms with Crippen LogP contribution in [0.15, 0.2) is 12.7 Å². The van der Waals surface area contributed by atoms with E-state index in [2.05, 4.69) is 27.2 Å². The number of hydrogen-bond donors (Lipinski definition) is 0. The number of alkyl halides is 1. The van der Waals surface area contributed by atoms with Gasteiger partial charge in [0.05, 0.1) is 0 Å². The van der Waals surface area contributed by atoms with E-state index in [4.69, 9.17) is 0 Å². The Morgan fingerprint density at radius 1 is 1.88 bits per heavy atom. The number of ether oxygens (including phenoxy) is 1. The van der Waals surface area contributed by atoms with Crippen LogP contribution in [0.4, 0.5) is 0 Å². The first-order valence-corrected chi connectivity index (χ1v) is 3.28. The molecule has 3 heteroatoms. The summed E-state index contributed by atoms with van der Waals surface area (Å²) < 4.78 is 4.54. The maximum Gasteiger partial charge on any atom is 0.330 e. The van der Waals surface area contributed by atoms with Gasteiger partial charge in [0, 0.05) is 11.4 Å². The van der Waals surface area contributed by atoms with Gasteiger partial charge in [-0.1, -0.05) is 22.5 Å². The summed E-state index contributed by atoms with van der Waals surface area (Å²) >= 11 is 3.10. The summed E-state index contributed by atoms with van der Waals surface area (Å²) in [6.07, 6.45) is 1.14. The van der Waals surface area contributed by atoms with E-state index in [9.17, 15) is 4.79 Å². The standard InChI is InChI=1S/C5H7BrO2/c1-2-5(7)8-4-3-6/h2H,1,3-4H2. The van der Waals surface area contributed by atoms with Crippen molar-refractivity contribution in [2.75, 3.05) is 11.9 Å². The zero-order valence-corrected chi connectivity index (χ0v) is 5.98. The molecule has 0 aromatic carbocycles. The lowest BCUT2D eigenvalue weighted by Crippen LogP contribution is -2.01. The lowest BCUT2D eigenvalue weighted by atomic mass is 10.6. The predicted molar refractivity (Wildman–Crippen MR) is 34.9 cm³/mol. The number of esters is 1. The van der Waals surface area contributed by atoms with Gasteiger partial charge >= 0.3 is 5.97 Å². The molecule has 0 spiro atoms. The van der Waals surface area contributed by atoms with Crippen molar-refractivity contribution in [3.05, 3.63) is 12.7 Å². The second kappa shape index (κ2) is 4.84. The smallest absolute Gasteiger partial charge is 0.330 e. The second-order valence-corrected chi connectivity index (χ2v) is 1.85. The van der Waals surface area contributed by atoms with Crippen LogP contribution >= 0.6 is 15.9 Å². The van der Waals surface area contributed by atoms with Gasteiger partial charge in [-0.25, -0.2) is 4.79 Å². The largest absolute Gasteiger partial charge is 0.462 e. The highest BCUT2D eigenvalue weighted by atomic mass is 79.9. The first kappa shape index (κ1) is 7.69. The Morgan fingerprint density at radius 3 is 2.88 bits per heavy atom. The molecule has 0 aliphatic rings. The lowest BCUT2D eigenvalue weighted by molar-refractivity contribution is -0.137. The Morgan fingerprint density at radius 2 is 2.50 bits per heavy atom. The molecule has 0 heterocycles. The van der Waals surface area contributed by atoms with E-state index in [1.54, 1.807) is 0 Å². The van der Waals surface area contributed by atoms with Crippen molar-refractivity contribution in [3.8, 4) is 0 Å². The quantitative estimate of drug-likeness (QED) is 0.368. The van der Waals surface area contributed by atoms with E-state index in [-0.39, 0.29) is 5.97 Å². The number of hydrogen-bond acceptors (Lipinski definition) is 2. The van der Waals surface area contributed by atoms with E-state index in [0.717, 1.165) is 6.08 Å². The molecule has 8 heavy (non-hydrogen) atoms. The molecule has 46 valence electrons. The minimum atomic E-state index is -0.371. The molecule has 0 aromatic rings. The Labute approximate surface area is 56.7 Å². The summed E-state index contributed by atoms with van der Waals surface area (Å²) in [5.74, 6) is -0.371. The van der Waals surface area contributed by atoms with E-state index in [1.165, 1.54) is 0 Å². The molecular weight excluding hydrogens is 172 g/mol. The monoisotopic (exact) mass is 178 g/mol. The molecule has 0 aliphatic carbocycles. The first-order valence-electron chi connectivity index (χ1n) is 2.16. The summed E-state index contributed by atoms with van der Waals surface area (Å²) in [7, 11) is 0. The van der Waals surface area contributed by atoms with Gasteiger partial charge in [0.25, 0.3) is 0 Å². The van der Waals surface area contributed by atoms with Gasteiger partial charge in [0.15, 0.2) is 0 Å². The third-order valence-corrected chi connectivity index (χ3v) is 0.812. The zero-order valence-electron chi connectivity index (χ0n) is 4.39. The number of carbonyl (C=O) groups is 1. The molecule has 0 atom stereocenters. The summed E-state index contributed by atoms with van der Waals surface area (Å²) in [5, 5.41) is 0.673. The van der Waals surface area contributed by atoms with Crippen molar-refractivity contribution in [1.29, 1.82) is 0 Å². The molecule has 0 bridgehead atoms. The third kappa shape index (κ3) is 3.87. The number of halogens is 1. The molecule has 0 fully saturated rings. The normalized spacial score (nSPS) is 8.12. The second-order valence-electron chi connectivity index (χ2n) is 1.06. The van der Waals surface area contributed by atoms with E-state index < -0.39 is 0 Å². The van der Waals surface area contributed by atoms with E-state index in [0.29, 0.717) is 11.9 Å². The van der Waals surface area contributed by atoms with Crippen LogP contribution in [0.5, 0.6) is 0 Å². The summed E-state index contributed by atoms with van der Waals surface area (Å²) in [6.45, 7) is 3.63. The van der Waals surface area contributed by atoms with Crippen molar-refractivity contribution in [2.45, 2.75) is 0 Å². The van der Waals surface area contributed by atoms with E-state index in [1.807, 2.05) is 0 Å². The van der Waals surface area contributed by atoms with Gasteiger partial charge in [-0.05, 0) is 0 Å². The highest BCUT2D eigenvalue weighted by Gasteiger charge is 1.90. The van der Waals surface area contributed by atoms with Crippen molar-refractivity contribution < 1.29 is 9.53 Å². The van der Waals surface area contributed by atoms with Gasteiger partial charge in [-0.15, -0.1) is 0 Å². The average molecular weight is 179 g/mol. The zero-order chi connectivity index (χ0) is 6.41. The molecule has 0 unspecified atom stereocenters. The minimum absolute atomic E-state index is 0.371. The minimum Gasteiger partial charge on any atom is -0.462 e. The van der Waals surface area contributed by atoms with Crippen LogP contribution in [0.2, 0.25) is 0 Å². The van der Waals surface area contributed by atoms with Gasteiger partial charge < -0.3 is 4.74 Å². The van der Waals surface area contributed by atoms with Crippen LogP contribution < -0.4 is 0 Å². The van der Waals surface area contributed by atoms with Gasteiger partial charge in [0.2, 0.25) is 0 Å². The van der Waals surface area contributed by atoms with Crippen LogP contribution in [-0.4, -0.2) is 17.9 Å². The highest BCUT2D eigenvalue weighted by Crippen LogP contribution is 1.82. The fraction of sp³-hybridized carbons (Fsp3) is 0.400. The molecule has 0 radical (unpaired) electrons. The van der Waals surface area contributed by atoms with Crippen LogP contribution in [0, 0.1) is 0 Å². The predicted octanol–water partition coefficient (Wildman–Crippen LogP) is 1.11. The lowest BCUT2D eigenvalue weighted by Gasteiger charge is -1.94. The molecule has 0 rings (SSSR count). The molecule has 0 saturated heterocycles. The maximum atomic E-state index is 10.2. The molecule has 2 nitrogen and oxygen atoms in total. The molecule has 0 aliphatic heterocycles. The Hall–Kier alpha value is -0.310. The summed E-state index contributed by atoms with van der Waals surface area (Å²) in [4.78, 5) is 10.2. The number of carbonyl (C=O) groups excluding carboxylic acids is 1. The first-order chi connectivity index (χ1) is 3.81. The van der Waals surface area contributed by atoms with Crippen LogP contribution in [-0.2, 0) is 9.53 Å². The van der Waals surface area contributed by atoms with E-state index >= 15 is 0 Å². The van der Waals surface area contributed by atoms with Gasteiger partial charge in [0.1, 0.15) is 6.61 Å². The van der Waals surface area contributed by atoms with Gasteiger partial charge in [-0.3, -0.25) is 0 Å². The van der Waals surface area contributed by atoms with Crippen molar-refractivity contribution >= 4 is 21.9 Å². The Bertz CT molecular complexity index is 90.4. The Balaban J connectivity index is 3.11. The SMILES string of the molecule is C=CC(=O)OCCBr. The van der Waals surface area contributed by atoms with Crippen molar-refractivity contribution in [2.24, 2.45) is 0 Å². The van der Waals surface area contributed by atoms with Crippen LogP contribution in [0.25, 0.3) is 0 Å². The average Bonchev–Trinajstić information content (AvgIpc) is 1.83. The molecule has 0 saturated carbocycles. The molecular formula is C5H7BrO2. The summed E-state index contributed by atoms with van der Waals surface area (Å²) in [5.41, 5.74) is 0.